The van der Waals surface area contributed by atoms with Crippen LogP contribution in [0.1, 0.15) is 25.3 Å². The number of anilines is 2. The molecule has 8 heteroatoms. The van der Waals surface area contributed by atoms with Gasteiger partial charge in [0.05, 0.1) is 23.8 Å². The number of morpholine rings is 1. The number of nitrogens with zero attached hydrogens (tertiary/aromatic N) is 2. The first-order chi connectivity index (χ1) is 14.3. The molecule has 1 fully saturated rings. The van der Waals surface area contributed by atoms with Gasteiger partial charge in [0.2, 0.25) is 9.84 Å². The fraction of sp³-hybridized carbons (Fsp3) is 0.318. The van der Waals surface area contributed by atoms with Crippen LogP contribution in [0.4, 0.5) is 15.8 Å². The number of ether oxygens (including phenoxy) is 1. The summed E-state index contributed by atoms with van der Waals surface area (Å²) in [5, 5.41) is 0. The maximum Gasteiger partial charge on any atom is 0.267 e. The Kier molecular flexibility index (Phi) is 5.38. The Morgan fingerprint density at radius 2 is 1.83 bits per heavy atom. The number of hydrogen-bond donors (Lipinski definition) is 0. The van der Waals surface area contributed by atoms with Gasteiger partial charge in [-0.3, -0.25) is 4.79 Å². The first-order valence-electron chi connectivity index (χ1n) is 9.81. The summed E-state index contributed by atoms with van der Waals surface area (Å²) in [6, 6.07) is 11.1. The quantitative estimate of drug-likeness (QED) is 0.697. The summed E-state index contributed by atoms with van der Waals surface area (Å²) in [6.45, 7) is 5.48. The van der Waals surface area contributed by atoms with E-state index in [1.165, 1.54) is 23.2 Å². The Morgan fingerprint density at radius 1 is 1.10 bits per heavy atom. The van der Waals surface area contributed by atoms with Crippen molar-refractivity contribution in [1.29, 1.82) is 0 Å². The molecule has 1 amide bonds. The van der Waals surface area contributed by atoms with Crippen molar-refractivity contribution in [3.05, 3.63) is 65.0 Å². The summed E-state index contributed by atoms with van der Waals surface area (Å²) in [7, 11) is -4.09. The number of amides is 1. The summed E-state index contributed by atoms with van der Waals surface area (Å²) >= 11 is 0. The van der Waals surface area contributed by atoms with Crippen LogP contribution in [-0.2, 0) is 19.4 Å². The van der Waals surface area contributed by atoms with Gasteiger partial charge < -0.3 is 14.5 Å². The van der Waals surface area contributed by atoms with Crippen molar-refractivity contribution in [3.63, 3.8) is 0 Å². The third kappa shape index (κ3) is 3.61. The van der Waals surface area contributed by atoms with Crippen molar-refractivity contribution in [2.75, 3.05) is 31.2 Å². The summed E-state index contributed by atoms with van der Waals surface area (Å²) < 4.78 is 45.8. The second-order valence-corrected chi connectivity index (χ2v) is 9.52. The predicted molar refractivity (Wildman–Crippen MR) is 112 cm³/mol. The Hall–Kier alpha value is -2.71. The lowest BCUT2D eigenvalue weighted by atomic mass is 10.0. The molecule has 2 heterocycles. The predicted octanol–water partition coefficient (Wildman–Crippen LogP) is 3.57. The molecule has 0 spiro atoms. The Labute approximate surface area is 175 Å². The van der Waals surface area contributed by atoms with E-state index in [1.54, 1.807) is 4.90 Å². The van der Waals surface area contributed by atoms with E-state index < -0.39 is 21.6 Å². The van der Waals surface area contributed by atoms with Crippen LogP contribution in [0.15, 0.2) is 58.5 Å². The number of carbonyl (C=O) groups is 1. The molecule has 2 aliphatic heterocycles. The fourth-order valence-corrected chi connectivity index (χ4v) is 5.14. The Morgan fingerprint density at radius 3 is 2.53 bits per heavy atom. The Balaban J connectivity index is 1.88. The monoisotopic (exact) mass is 430 g/mol. The highest BCUT2D eigenvalue weighted by atomic mass is 32.2. The van der Waals surface area contributed by atoms with Gasteiger partial charge >= 0.3 is 0 Å². The van der Waals surface area contributed by atoms with Crippen LogP contribution in [-0.4, -0.2) is 45.5 Å². The van der Waals surface area contributed by atoms with E-state index in [0.29, 0.717) is 32.0 Å². The van der Waals surface area contributed by atoms with E-state index in [0.717, 1.165) is 11.6 Å². The fourth-order valence-electron chi connectivity index (χ4n) is 3.62. The number of halogens is 1. The van der Waals surface area contributed by atoms with E-state index in [9.17, 15) is 17.6 Å². The van der Waals surface area contributed by atoms with E-state index in [1.807, 2.05) is 24.3 Å². The number of carbonyl (C=O) groups excluding carboxylic acids is 1. The minimum absolute atomic E-state index is 0.0852. The van der Waals surface area contributed by atoms with Gasteiger partial charge in [-0.25, -0.2) is 12.8 Å². The van der Waals surface area contributed by atoms with Crippen LogP contribution in [0.3, 0.4) is 0 Å². The topological polar surface area (TPSA) is 66.9 Å². The lowest BCUT2D eigenvalue weighted by Crippen LogP contribution is -2.43. The second kappa shape index (κ2) is 7.85. The number of hydrogen-bond acceptors (Lipinski definition) is 5. The molecule has 158 valence electrons. The lowest BCUT2D eigenvalue weighted by Gasteiger charge is -2.32. The third-order valence-electron chi connectivity index (χ3n) is 5.33. The largest absolute Gasteiger partial charge is 0.378 e. The SMILES string of the molecule is CC(C)c1cccc(N2C=C(C(=O)N3CCOCC3)S(=O)(=O)c3ccc(F)cc32)c1. The molecular formula is C22H23FN2O4S. The second-order valence-electron chi connectivity index (χ2n) is 7.63. The molecule has 0 radical (unpaired) electrons. The van der Waals surface area contributed by atoms with Crippen molar-refractivity contribution in [1.82, 2.24) is 4.90 Å². The van der Waals surface area contributed by atoms with Gasteiger partial charge in [-0.05, 0) is 41.8 Å². The molecule has 0 unspecified atom stereocenters. The first-order valence-corrected chi connectivity index (χ1v) is 11.3. The molecule has 0 N–H and O–H groups in total. The minimum atomic E-state index is -4.09. The zero-order chi connectivity index (χ0) is 21.5. The van der Waals surface area contributed by atoms with Crippen LogP contribution in [0.2, 0.25) is 0 Å². The van der Waals surface area contributed by atoms with E-state index in [2.05, 4.69) is 13.8 Å². The smallest absolute Gasteiger partial charge is 0.267 e. The number of benzene rings is 2. The summed E-state index contributed by atoms with van der Waals surface area (Å²) in [5.74, 6) is -0.868. The number of fused-ring (bicyclic) bond motifs is 1. The van der Waals surface area contributed by atoms with Gasteiger partial charge in [0.15, 0.2) is 4.91 Å². The molecule has 0 bridgehead atoms. The normalized spacial score (nSPS) is 18.2. The van der Waals surface area contributed by atoms with E-state index in [4.69, 9.17) is 4.74 Å². The number of sulfone groups is 1. The molecule has 0 atom stereocenters. The van der Waals surface area contributed by atoms with Crippen molar-refractivity contribution < 1.29 is 22.3 Å². The van der Waals surface area contributed by atoms with Crippen molar-refractivity contribution in [3.8, 4) is 0 Å². The summed E-state index contributed by atoms with van der Waals surface area (Å²) in [4.78, 5) is 15.8. The highest BCUT2D eigenvalue weighted by Crippen LogP contribution is 2.41. The van der Waals surface area contributed by atoms with E-state index in [-0.39, 0.29) is 21.4 Å². The van der Waals surface area contributed by atoms with Crippen LogP contribution in [0.5, 0.6) is 0 Å². The maximum absolute atomic E-state index is 14.1. The first kappa shape index (κ1) is 20.6. The molecule has 1 saturated heterocycles. The molecule has 2 aliphatic rings. The van der Waals surface area contributed by atoms with Crippen LogP contribution in [0.25, 0.3) is 0 Å². The molecule has 2 aromatic rings. The van der Waals surface area contributed by atoms with E-state index >= 15 is 0 Å². The van der Waals surface area contributed by atoms with Gasteiger partial charge in [-0.2, -0.15) is 0 Å². The summed E-state index contributed by atoms with van der Waals surface area (Å²) in [6.07, 6.45) is 1.31. The van der Waals surface area contributed by atoms with Crippen molar-refractivity contribution in [2.24, 2.45) is 0 Å². The zero-order valence-corrected chi connectivity index (χ0v) is 17.7. The molecular weight excluding hydrogens is 407 g/mol. The maximum atomic E-state index is 14.1. The Bertz CT molecular complexity index is 1120. The highest BCUT2D eigenvalue weighted by molar-refractivity contribution is 7.96. The highest BCUT2D eigenvalue weighted by Gasteiger charge is 2.38. The summed E-state index contributed by atoms with van der Waals surface area (Å²) in [5.41, 5.74) is 1.90. The molecule has 6 nitrogen and oxygen atoms in total. The van der Waals surface area contributed by atoms with Gasteiger partial charge in [-0.15, -0.1) is 0 Å². The standard InChI is InChI=1S/C22H23FN2O4S/c1-15(2)16-4-3-5-18(12-16)25-14-21(22(26)24-8-10-29-11-9-24)30(27,28)20-7-6-17(23)13-19(20)25/h3-7,12-15H,8-11H2,1-2H3. The van der Waals surface area contributed by atoms with Crippen LogP contribution in [0, 0.1) is 5.82 Å². The molecule has 4 rings (SSSR count). The van der Waals surface area contributed by atoms with Gasteiger partial charge in [0.25, 0.3) is 5.91 Å². The molecule has 2 aromatic carbocycles. The van der Waals surface area contributed by atoms with Gasteiger partial charge in [-0.1, -0.05) is 26.0 Å². The third-order valence-corrected chi connectivity index (χ3v) is 7.11. The van der Waals surface area contributed by atoms with Gasteiger partial charge in [0, 0.05) is 25.0 Å². The number of rotatable bonds is 3. The van der Waals surface area contributed by atoms with Crippen molar-refractivity contribution >= 4 is 27.1 Å². The van der Waals surface area contributed by atoms with Crippen LogP contribution >= 0.6 is 0 Å². The average molecular weight is 431 g/mol. The molecule has 30 heavy (non-hydrogen) atoms. The zero-order valence-electron chi connectivity index (χ0n) is 16.8. The average Bonchev–Trinajstić information content (AvgIpc) is 2.74. The van der Waals surface area contributed by atoms with Crippen LogP contribution < -0.4 is 4.90 Å². The minimum Gasteiger partial charge on any atom is -0.378 e. The lowest BCUT2D eigenvalue weighted by molar-refractivity contribution is -0.130. The molecule has 0 saturated carbocycles. The van der Waals surface area contributed by atoms with Gasteiger partial charge in [0.1, 0.15) is 5.82 Å². The van der Waals surface area contributed by atoms with Crippen molar-refractivity contribution in [2.45, 2.75) is 24.7 Å². The molecule has 0 aromatic heterocycles. The molecule has 0 aliphatic carbocycles.